The second-order valence-corrected chi connectivity index (χ2v) is 14.6. The van der Waals surface area contributed by atoms with E-state index < -0.39 is 18.1 Å². The smallest absolute Gasteiger partial charge is 0.407 e. The number of alkyl carbamates (subject to hydrolysis) is 1. The Labute approximate surface area is 360 Å². The van der Waals surface area contributed by atoms with E-state index in [0.717, 1.165) is 33.4 Å². The lowest BCUT2D eigenvalue weighted by molar-refractivity contribution is -0.147. The van der Waals surface area contributed by atoms with Gasteiger partial charge in [-0.05, 0) is 76.7 Å². The zero-order chi connectivity index (χ0) is 43.4. The summed E-state index contributed by atoms with van der Waals surface area (Å²) in [5.74, 6) is 1.41. The van der Waals surface area contributed by atoms with Crippen LogP contribution in [0.5, 0.6) is 28.7 Å². The molecule has 2 N–H and O–H groups in total. The lowest BCUT2D eigenvalue weighted by Crippen LogP contribution is -2.31. The van der Waals surface area contributed by atoms with Gasteiger partial charge in [0.1, 0.15) is 42.0 Å². The molecule has 0 heterocycles. The van der Waals surface area contributed by atoms with Crippen molar-refractivity contribution in [1.29, 1.82) is 0 Å². The van der Waals surface area contributed by atoms with E-state index in [1.54, 1.807) is 68.8 Å². The fourth-order valence-corrected chi connectivity index (χ4v) is 7.29. The van der Waals surface area contributed by atoms with Gasteiger partial charge in [0.25, 0.3) is 5.91 Å². The van der Waals surface area contributed by atoms with Crippen LogP contribution in [0.15, 0.2) is 133 Å². The summed E-state index contributed by atoms with van der Waals surface area (Å²) >= 11 is 0. The minimum Gasteiger partial charge on any atom is -0.497 e. The minimum absolute atomic E-state index is 0.0749. The summed E-state index contributed by atoms with van der Waals surface area (Å²) in [6.45, 7) is 1.95. The Morgan fingerprint density at radius 3 is 1.94 bits per heavy atom. The standard InChI is InChI=1S/C50H48N2O10/c1-32-13-15-33(16-14-32)27-51-47(53)30-59-38-22-19-35(45(26-38)57-3)28-61-48(54)31-60-36-20-17-34(18-21-36)49(43-24-23-37(56-2)25-46(43)58-4)52-50(55)62-29-44-41-11-7-5-9-39(41)40-10-6-8-12-42(40)44/h5-26,44,49H,27-31H2,1-4H3,(H,51,53)(H,52,55). The number of esters is 1. The summed E-state index contributed by atoms with van der Waals surface area (Å²) in [4.78, 5) is 38.7. The average molecular weight is 837 g/mol. The van der Waals surface area contributed by atoms with Crippen LogP contribution in [0.1, 0.15) is 50.9 Å². The SMILES string of the molecule is COc1ccc(C(NC(=O)OCC2c3ccccc3-c3ccccc32)c2ccc(OCC(=O)OCc3ccc(OCC(=O)NCc4ccc(C)cc4)cc3OC)cc2)c(OC)c1. The first-order chi connectivity index (χ1) is 30.2. The van der Waals surface area contributed by atoms with Crippen molar-refractivity contribution in [3.05, 3.63) is 172 Å². The first-order valence-corrected chi connectivity index (χ1v) is 20.1. The van der Waals surface area contributed by atoms with E-state index in [1.807, 2.05) is 61.5 Å². The van der Waals surface area contributed by atoms with Crippen LogP contribution in [0, 0.1) is 6.92 Å². The van der Waals surface area contributed by atoms with Crippen LogP contribution in [0.2, 0.25) is 0 Å². The fourth-order valence-electron chi connectivity index (χ4n) is 7.29. The van der Waals surface area contributed by atoms with Gasteiger partial charge in [-0.2, -0.15) is 0 Å². The third kappa shape index (κ3) is 10.5. The van der Waals surface area contributed by atoms with Crippen LogP contribution >= 0.6 is 0 Å². The highest BCUT2D eigenvalue weighted by Crippen LogP contribution is 2.44. The van der Waals surface area contributed by atoms with Gasteiger partial charge in [0.15, 0.2) is 13.2 Å². The van der Waals surface area contributed by atoms with E-state index >= 15 is 0 Å². The molecule has 1 unspecified atom stereocenters. The Hall–Kier alpha value is -7.47. The largest absolute Gasteiger partial charge is 0.497 e. The van der Waals surface area contributed by atoms with E-state index in [1.165, 1.54) is 7.11 Å². The van der Waals surface area contributed by atoms with Gasteiger partial charge in [-0.15, -0.1) is 0 Å². The second-order valence-electron chi connectivity index (χ2n) is 14.6. The summed E-state index contributed by atoms with van der Waals surface area (Å²) in [7, 11) is 4.61. The van der Waals surface area contributed by atoms with Crippen LogP contribution in [-0.2, 0) is 32.2 Å². The van der Waals surface area contributed by atoms with Crippen LogP contribution < -0.4 is 34.3 Å². The number of benzene rings is 6. The van der Waals surface area contributed by atoms with Crippen molar-refractivity contribution in [1.82, 2.24) is 10.6 Å². The van der Waals surface area contributed by atoms with Gasteiger partial charge in [-0.1, -0.05) is 90.5 Å². The first kappa shape index (κ1) is 42.6. The average Bonchev–Trinajstić information content (AvgIpc) is 3.63. The molecule has 0 aromatic heterocycles. The molecule has 1 aliphatic rings. The second kappa shape index (κ2) is 20.2. The van der Waals surface area contributed by atoms with Crippen molar-refractivity contribution in [2.45, 2.75) is 32.0 Å². The zero-order valence-corrected chi connectivity index (χ0v) is 35.0. The summed E-state index contributed by atoms with van der Waals surface area (Å²) < 4.78 is 39.5. The third-order valence-electron chi connectivity index (χ3n) is 10.6. The quantitative estimate of drug-likeness (QED) is 0.0811. The van der Waals surface area contributed by atoms with Gasteiger partial charge in [0, 0.05) is 35.7 Å². The maximum absolute atomic E-state index is 13.6. The molecule has 7 rings (SSSR count). The van der Waals surface area contributed by atoms with E-state index in [-0.39, 0.29) is 38.3 Å². The van der Waals surface area contributed by atoms with Gasteiger partial charge in [0.2, 0.25) is 0 Å². The molecule has 1 aliphatic carbocycles. The molecule has 0 aliphatic heterocycles. The van der Waals surface area contributed by atoms with Gasteiger partial charge >= 0.3 is 12.1 Å². The molecule has 12 nitrogen and oxygen atoms in total. The topological polar surface area (TPSA) is 140 Å². The van der Waals surface area contributed by atoms with Crippen LogP contribution in [0.3, 0.4) is 0 Å². The lowest BCUT2D eigenvalue weighted by atomic mass is 9.97. The molecule has 6 aromatic rings. The Morgan fingerprint density at radius 1 is 0.629 bits per heavy atom. The Morgan fingerprint density at radius 2 is 1.26 bits per heavy atom. The summed E-state index contributed by atoms with van der Waals surface area (Å²) in [5.41, 5.74) is 8.63. The normalized spacial score (nSPS) is 11.9. The number of carbonyl (C=O) groups excluding carboxylic acids is 3. The Bertz CT molecular complexity index is 2460. The predicted molar refractivity (Wildman–Crippen MR) is 233 cm³/mol. The number of carbonyl (C=O) groups is 3. The monoisotopic (exact) mass is 836 g/mol. The van der Waals surface area contributed by atoms with Crippen molar-refractivity contribution in [2.75, 3.05) is 41.2 Å². The maximum Gasteiger partial charge on any atom is 0.407 e. The predicted octanol–water partition coefficient (Wildman–Crippen LogP) is 8.47. The fraction of sp³-hybridized carbons (Fsp3) is 0.220. The molecule has 0 bridgehead atoms. The van der Waals surface area contributed by atoms with Crippen molar-refractivity contribution < 1.29 is 47.5 Å². The molecular formula is C50H48N2O10. The number of amides is 2. The summed E-state index contributed by atoms with van der Waals surface area (Å²) in [5, 5.41) is 5.88. The molecule has 62 heavy (non-hydrogen) atoms. The van der Waals surface area contributed by atoms with Crippen molar-refractivity contribution >= 4 is 18.0 Å². The van der Waals surface area contributed by atoms with Crippen LogP contribution in [-0.4, -0.2) is 59.1 Å². The molecule has 0 saturated carbocycles. The molecule has 1 atom stereocenters. The molecule has 0 radical (unpaired) electrons. The minimum atomic E-state index is -0.682. The number of nitrogens with one attached hydrogen (secondary N) is 2. The lowest BCUT2D eigenvalue weighted by Gasteiger charge is -2.23. The number of aryl methyl sites for hydroxylation is 1. The molecule has 6 aromatic carbocycles. The van der Waals surface area contributed by atoms with Gasteiger partial charge in [-0.3, -0.25) is 4.79 Å². The van der Waals surface area contributed by atoms with Crippen LogP contribution in [0.25, 0.3) is 11.1 Å². The molecular weight excluding hydrogens is 789 g/mol. The number of hydrogen-bond donors (Lipinski definition) is 2. The van der Waals surface area contributed by atoms with Crippen LogP contribution in [0.4, 0.5) is 4.79 Å². The highest BCUT2D eigenvalue weighted by Gasteiger charge is 2.30. The van der Waals surface area contributed by atoms with Crippen molar-refractivity contribution in [2.24, 2.45) is 0 Å². The van der Waals surface area contributed by atoms with Crippen molar-refractivity contribution in [3.63, 3.8) is 0 Å². The Balaban J connectivity index is 0.938. The van der Waals surface area contributed by atoms with E-state index in [9.17, 15) is 14.4 Å². The molecule has 12 heteroatoms. The molecule has 318 valence electrons. The first-order valence-electron chi connectivity index (χ1n) is 20.1. The van der Waals surface area contributed by atoms with Gasteiger partial charge < -0.3 is 43.8 Å². The Kier molecular flexibility index (Phi) is 13.9. The number of hydrogen-bond acceptors (Lipinski definition) is 10. The molecule has 0 spiro atoms. The third-order valence-corrected chi connectivity index (χ3v) is 10.6. The zero-order valence-electron chi connectivity index (χ0n) is 35.0. The van der Waals surface area contributed by atoms with E-state index in [0.29, 0.717) is 52.0 Å². The highest BCUT2D eigenvalue weighted by molar-refractivity contribution is 5.79. The maximum atomic E-state index is 13.6. The number of fused-ring (bicyclic) bond motifs is 3. The highest BCUT2D eigenvalue weighted by atomic mass is 16.6. The molecule has 2 amide bonds. The molecule has 0 saturated heterocycles. The van der Waals surface area contributed by atoms with Gasteiger partial charge in [-0.25, -0.2) is 9.59 Å². The van der Waals surface area contributed by atoms with Crippen molar-refractivity contribution in [3.8, 4) is 39.9 Å². The molecule has 0 fully saturated rings. The van der Waals surface area contributed by atoms with Gasteiger partial charge in [0.05, 0.1) is 27.4 Å². The summed E-state index contributed by atoms with van der Waals surface area (Å²) in [6, 6.07) is 40.9. The van der Waals surface area contributed by atoms with E-state index in [2.05, 4.69) is 34.9 Å². The number of ether oxygens (including phenoxy) is 7. The number of rotatable bonds is 18. The van der Waals surface area contributed by atoms with E-state index in [4.69, 9.17) is 33.2 Å². The number of methoxy groups -OCH3 is 3. The summed E-state index contributed by atoms with van der Waals surface area (Å²) in [6.07, 6.45) is -0.603.